The molecule has 0 amide bonds. The number of hydrogen-bond acceptors (Lipinski definition) is 7. The van der Waals surface area contributed by atoms with Gasteiger partial charge in [-0.2, -0.15) is 5.10 Å². The summed E-state index contributed by atoms with van der Waals surface area (Å²) in [6, 6.07) is 1.57. The molecule has 0 aliphatic carbocycles. The van der Waals surface area contributed by atoms with E-state index in [2.05, 4.69) is 20.4 Å². The van der Waals surface area contributed by atoms with Crippen LogP contribution in [0.15, 0.2) is 12.3 Å². The molecule has 2 aromatic heterocycles. The first kappa shape index (κ1) is 12.7. The Labute approximate surface area is 108 Å². The minimum atomic E-state index is -0.467. The predicted molar refractivity (Wildman–Crippen MR) is 68.4 cm³/mol. The molecule has 0 saturated heterocycles. The maximum absolute atomic E-state index is 11.0. The van der Waals surface area contributed by atoms with Crippen LogP contribution in [0, 0.1) is 17.0 Å². The quantitative estimate of drug-likeness (QED) is 0.611. The number of nitrogens with one attached hydrogen (secondary N) is 1. The van der Waals surface area contributed by atoms with Gasteiger partial charge in [-0.05, 0) is 13.0 Å². The van der Waals surface area contributed by atoms with Gasteiger partial charge in [0, 0.05) is 13.2 Å². The lowest BCUT2D eigenvalue weighted by Gasteiger charge is -2.05. The van der Waals surface area contributed by atoms with Crippen molar-refractivity contribution in [2.45, 2.75) is 13.5 Å². The summed E-state index contributed by atoms with van der Waals surface area (Å²) < 4.78 is 1.42. The lowest BCUT2D eigenvalue weighted by Crippen LogP contribution is -2.09. The van der Waals surface area contributed by atoms with Crippen molar-refractivity contribution in [2.24, 2.45) is 7.05 Å². The minimum Gasteiger partial charge on any atom is -0.384 e. The highest BCUT2D eigenvalue weighted by molar-refractivity contribution is 5.59. The van der Waals surface area contributed by atoms with Crippen LogP contribution < -0.4 is 11.1 Å². The summed E-state index contributed by atoms with van der Waals surface area (Å²) in [7, 11) is 1.63. The van der Waals surface area contributed by atoms with Gasteiger partial charge in [0.1, 0.15) is 17.3 Å². The molecule has 0 spiro atoms. The third kappa shape index (κ3) is 2.59. The van der Waals surface area contributed by atoms with E-state index in [0.717, 1.165) is 0 Å². The molecule has 0 aromatic carbocycles. The summed E-state index contributed by atoms with van der Waals surface area (Å²) >= 11 is 0. The fourth-order valence-corrected chi connectivity index (χ4v) is 1.73. The Morgan fingerprint density at radius 1 is 1.58 bits per heavy atom. The molecule has 3 N–H and O–H groups in total. The SMILES string of the molecule is Cc1nn(C)c(NCc2nccc(N)n2)c1[N+](=O)[O-]. The molecule has 0 saturated carbocycles. The lowest BCUT2D eigenvalue weighted by atomic mass is 10.4. The maximum atomic E-state index is 11.0. The minimum absolute atomic E-state index is 0.0496. The van der Waals surface area contributed by atoms with Gasteiger partial charge in [0.25, 0.3) is 0 Å². The maximum Gasteiger partial charge on any atom is 0.333 e. The third-order valence-corrected chi connectivity index (χ3v) is 2.51. The molecule has 2 aromatic rings. The second-order valence-electron chi connectivity index (χ2n) is 3.91. The molecule has 0 aliphatic heterocycles. The Balaban J connectivity index is 2.22. The molecular formula is C10H13N7O2. The van der Waals surface area contributed by atoms with E-state index < -0.39 is 4.92 Å². The van der Waals surface area contributed by atoms with E-state index in [1.807, 2.05) is 0 Å². The number of nitrogens with zero attached hydrogens (tertiary/aromatic N) is 5. The number of nitrogen functional groups attached to an aromatic ring is 1. The van der Waals surface area contributed by atoms with Crippen LogP contribution in [0.3, 0.4) is 0 Å². The molecule has 19 heavy (non-hydrogen) atoms. The fraction of sp³-hybridized carbons (Fsp3) is 0.300. The van der Waals surface area contributed by atoms with Crippen molar-refractivity contribution in [3.05, 3.63) is 33.9 Å². The molecule has 9 heteroatoms. The smallest absolute Gasteiger partial charge is 0.333 e. The molecule has 0 bridgehead atoms. The molecule has 9 nitrogen and oxygen atoms in total. The van der Waals surface area contributed by atoms with Crippen LogP contribution in [-0.2, 0) is 13.6 Å². The summed E-state index contributed by atoms with van der Waals surface area (Å²) in [6.45, 7) is 1.81. The summed E-state index contributed by atoms with van der Waals surface area (Å²) in [5.74, 6) is 1.11. The first-order chi connectivity index (χ1) is 8.99. The van der Waals surface area contributed by atoms with Crippen molar-refractivity contribution < 1.29 is 4.92 Å². The summed E-state index contributed by atoms with van der Waals surface area (Å²) in [4.78, 5) is 18.5. The zero-order valence-corrected chi connectivity index (χ0v) is 10.5. The van der Waals surface area contributed by atoms with Crippen LogP contribution in [0.25, 0.3) is 0 Å². The topological polar surface area (TPSA) is 125 Å². The number of aryl methyl sites for hydroxylation is 2. The molecule has 100 valence electrons. The number of nitro groups is 1. The number of anilines is 2. The Morgan fingerprint density at radius 3 is 2.95 bits per heavy atom. The van der Waals surface area contributed by atoms with Gasteiger partial charge >= 0.3 is 5.69 Å². The van der Waals surface area contributed by atoms with E-state index in [9.17, 15) is 10.1 Å². The van der Waals surface area contributed by atoms with Gasteiger partial charge < -0.3 is 11.1 Å². The highest BCUT2D eigenvalue weighted by atomic mass is 16.6. The largest absolute Gasteiger partial charge is 0.384 e. The number of hydrogen-bond donors (Lipinski definition) is 2. The van der Waals surface area contributed by atoms with E-state index in [4.69, 9.17) is 5.73 Å². The Kier molecular flexibility index (Phi) is 3.27. The highest BCUT2D eigenvalue weighted by Crippen LogP contribution is 2.27. The normalized spacial score (nSPS) is 10.4. The van der Waals surface area contributed by atoms with Crippen molar-refractivity contribution in [3.8, 4) is 0 Å². The number of nitrogens with two attached hydrogens (primary N) is 1. The second-order valence-corrected chi connectivity index (χ2v) is 3.91. The Bertz CT molecular complexity index is 622. The van der Waals surface area contributed by atoms with Gasteiger partial charge in [-0.1, -0.05) is 0 Å². The average Bonchev–Trinajstić information content (AvgIpc) is 2.61. The molecule has 0 aliphatic rings. The monoisotopic (exact) mass is 263 g/mol. The molecule has 0 radical (unpaired) electrons. The Hall–Kier alpha value is -2.71. The van der Waals surface area contributed by atoms with Crippen molar-refractivity contribution >= 4 is 17.3 Å². The van der Waals surface area contributed by atoms with Gasteiger partial charge in [0.15, 0.2) is 0 Å². The molecule has 2 heterocycles. The van der Waals surface area contributed by atoms with Gasteiger partial charge in [-0.25, -0.2) is 14.6 Å². The summed E-state index contributed by atoms with van der Waals surface area (Å²) in [6.07, 6.45) is 1.53. The van der Waals surface area contributed by atoms with Crippen LogP contribution in [0.1, 0.15) is 11.5 Å². The van der Waals surface area contributed by atoms with Gasteiger partial charge in [0.05, 0.1) is 11.5 Å². The van der Waals surface area contributed by atoms with Crippen LogP contribution in [0.5, 0.6) is 0 Å². The number of rotatable bonds is 4. The first-order valence-corrected chi connectivity index (χ1v) is 5.48. The van der Waals surface area contributed by atoms with Crippen LogP contribution >= 0.6 is 0 Å². The van der Waals surface area contributed by atoms with E-state index in [1.54, 1.807) is 20.0 Å². The highest BCUT2D eigenvalue weighted by Gasteiger charge is 2.23. The molecule has 0 atom stereocenters. The predicted octanol–water partition coefficient (Wildman–Crippen LogP) is 0.621. The fourth-order valence-electron chi connectivity index (χ4n) is 1.73. The van der Waals surface area contributed by atoms with Crippen LogP contribution in [0.2, 0.25) is 0 Å². The molecule has 0 unspecified atom stereocenters. The zero-order valence-electron chi connectivity index (χ0n) is 10.5. The third-order valence-electron chi connectivity index (χ3n) is 2.51. The van der Waals surface area contributed by atoms with E-state index in [1.165, 1.54) is 10.9 Å². The Morgan fingerprint density at radius 2 is 2.32 bits per heavy atom. The van der Waals surface area contributed by atoms with Crippen molar-refractivity contribution in [1.29, 1.82) is 0 Å². The molecular weight excluding hydrogens is 250 g/mol. The first-order valence-electron chi connectivity index (χ1n) is 5.48. The standard InChI is InChI=1S/C10H13N7O2/c1-6-9(17(18)19)10(16(2)15-6)13-5-8-12-4-3-7(11)14-8/h3-4,13H,5H2,1-2H3,(H2,11,12,14). The van der Waals surface area contributed by atoms with Crippen LogP contribution in [0.4, 0.5) is 17.3 Å². The van der Waals surface area contributed by atoms with E-state index >= 15 is 0 Å². The number of aromatic nitrogens is 4. The van der Waals surface area contributed by atoms with Gasteiger partial charge in [0.2, 0.25) is 5.82 Å². The summed E-state index contributed by atoms with van der Waals surface area (Å²) in [5.41, 5.74) is 5.84. The van der Waals surface area contributed by atoms with Crippen molar-refractivity contribution in [2.75, 3.05) is 11.1 Å². The van der Waals surface area contributed by atoms with Crippen molar-refractivity contribution in [1.82, 2.24) is 19.7 Å². The second kappa shape index (κ2) is 4.88. The molecule has 2 rings (SSSR count). The average molecular weight is 263 g/mol. The van der Waals surface area contributed by atoms with E-state index in [-0.39, 0.29) is 12.2 Å². The zero-order chi connectivity index (χ0) is 14.0. The van der Waals surface area contributed by atoms with Gasteiger partial charge in [-0.3, -0.25) is 10.1 Å². The summed E-state index contributed by atoms with van der Waals surface area (Å²) in [5, 5.41) is 17.9. The molecule has 0 fully saturated rings. The lowest BCUT2D eigenvalue weighted by molar-refractivity contribution is -0.384. The van der Waals surface area contributed by atoms with Crippen LogP contribution in [-0.4, -0.2) is 24.7 Å². The van der Waals surface area contributed by atoms with Gasteiger partial charge in [-0.15, -0.1) is 0 Å². The van der Waals surface area contributed by atoms with Crippen molar-refractivity contribution in [3.63, 3.8) is 0 Å². The van der Waals surface area contributed by atoms with E-state index in [0.29, 0.717) is 23.2 Å².